The number of fused-ring (bicyclic) bond motifs is 1. The molecule has 0 aromatic heterocycles. The summed E-state index contributed by atoms with van der Waals surface area (Å²) in [4.78, 5) is 34.8. The van der Waals surface area contributed by atoms with E-state index in [2.05, 4.69) is 37.5 Å². The van der Waals surface area contributed by atoms with Crippen molar-refractivity contribution in [2.45, 2.75) is 65.8 Å². The van der Waals surface area contributed by atoms with Crippen molar-refractivity contribution in [1.29, 1.82) is 0 Å². The minimum absolute atomic E-state index is 0.282. The van der Waals surface area contributed by atoms with Crippen molar-refractivity contribution in [1.82, 2.24) is 19.6 Å². The molecule has 0 aromatic rings. The number of ketones is 1. The molecular formula is C25H46N4O2. The van der Waals surface area contributed by atoms with Gasteiger partial charge in [0.2, 0.25) is 5.91 Å². The minimum Gasteiger partial charge on any atom is -0.383 e. The summed E-state index contributed by atoms with van der Waals surface area (Å²) >= 11 is 0. The van der Waals surface area contributed by atoms with E-state index in [-0.39, 0.29) is 5.91 Å². The van der Waals surface area contributed by atoms with E-state index in [9.17, 15) is 9.59 Å². The van der Waals surface area contributed by atoms with Gasteiger partial charge in [-0.05, 0) is 57.7 Å². The standard InChI is InChI=1S/C25H46N4O2/c1-7-11-29-18-20(15-25(31)28(10-4)13-12-27(8-2)9-3)14-21-17-24(30)22(16-23(21)29)19-26(5)6/h19-21,23H,7-18H2,1-6H3/t20-,21-,23-/m1/s1. The number of Topliss-reactive ketones (excluding diaryl/α,β-unsaturated/α-hetero) is 1. The van der Waals surface area contributed by atoms with Crippen molar-refractivity contribution in [2.75, 3.05) is 59.9 Å². The van der Waals surface area contributed by atoms with Gasteiger partial charge in [0, 0.05) is 70.9 Å². The SMILES string of the molecule is CCCN1C[C@@H](CC(=O)N(CC)CCN(CC)CC)C[C@@H]2CC(=O)C(=CN(C)C)C[C@H]21. The molecule has 0 aromatic carbocycles. The molecule has 178 valence electrons. The molecule has 2 fully saturated rings. The number of amides is 1. The molecule has 1 saturated carbocycles. The fourth-order valence-corrected chi connectivity index (χ4v) is 5.41. The predicted octanol–water partition coefficient (Wildman–Crippen LogP) is 3.09. The molecule has 0 spiro atoms. The Labute approximate surface area is 190 Å². The number of carbonyl (C=O) groups is 2. The summed E-state index contributed by atoms with van der Waals surface area (Å²) in [7, 11) is 3.97. The highest BCUT2D eigenvalue weighted by Gasteiger charge is 2.41. The first-order valence-corrected chi connectivity index (χ1v) is 12.5. The summed E-state index contributed by atoms with van der Waals surface area (Å²) in [6, 6.07) is 0.445. The van der Waals surface area contributed by atoms with Crippen LogP contribution in [0.4, 0.5) is 0 Å². The van der Waals surface area contributed by atoms with Gasteiger partial charge < -0.3 is 14.7 Å². The van der Waals surface area contributed by atoms with E-state index in [1.807, 2.05) is 30.1 Å². The van der Waals surface area contributed by atoms with Gasteiger partial charge in [-0.1, -0.05) is 20.8 Å². The van der Waals surface area contributed by atoms with Gasteiger partial charge >= 0.3 is 0 Å². The van der Waals surface area contributed by atoms with E-state index in [0.717, 1.165) is 70.6 Å². The Morgan fingerprint density at radius 3 is 2.35 bits per heavy atom. The van der Waals surface area contributed by atoms with E-state index < -0.39 is 0 Å². The topological polar surface area (TPSA) is 47.1 Å². The lowest BCUT2D eigenvalue weighted by Crippen LogP contribution is -2.52. The largest absolute Gasteiger partial charge is 0.383 e. The molecule has 6 nitrogen and oxygen atoms in total. The van der Waals surface area contributed by atoms with Crippen LogP contribution in [0.1, 0.15) is 59.8 Å². The number of rotatable bonds is 11. The van der Waals surface area contributed by atoms with Crippen molar-refractivity contribution >= 4 is 11.7 Å². The van der Waals surface area contributed by atoms with Gasteiger partial charge in [-0.2, -0.15) is 0 Å². The molecular weight excluding hydrogens is 388 g/mol. The smallest absolute Gasteiger partial charge is 0.222 e. The molecule has 0 bridgehead atoms. The second-order valence-corrected chi connectivity index (χ2v) is 9.58. The lowest BCUT2D eigenvalue weighted by Gasteiger charge is -2.47. The lowest BCUT2D eigenvalue weighted by molar-refractivity contribution is -0.133. The zero-order valence-corrected chi connectivity index (χ0v) is 20.9. The summed E-state index contributed by atoms with van der Waals surface area (Å²) < 4.78 is 0. The van der Waals surface area contributed by atoms with E-state index in [0.29, 0.717) is 36.5 Å². The molecule has 1 heterocycles. The molecule has 1 amide bonds. The van der Waals surface area contributed by atoms with E-state index >= 15 is 0 Å². The lowest BCUT2D eigenvalue weighted by atomic mass is 9.72. The first kappa shape index (κ1) is 25.9. The van der Waals surface area contributed by atoms with Gasteiger partial charge in [0.25, 0.3) is 0 Å². The highest BCUT2D eigenvalue weighted by atomic mass is 16.2. The highest BCUT2D eigenvalue weighted by molar-refractivity contribution is 5.96. The monoisotopic (exact) mass is 434 g/mol. The Morgan fingerprint density at radius 1 is 1.06 bits per heavy atom. The first-order valence-electron chi connectivity index (χ1n) is 12.5. The molecule has 0 N–H and O–H groups in total. The van der Waals surface area contributed by atoms with Gasteiger partial charge in [0.1, 0.15) is 0 Å². The molecule has 31 heavy (non-hydrogen) atoms. The summed E-state index contributed by atoms with van der Waals surface area (Å²) in [5.41, 5.74) is 0.968. The average Bonchev–Trinajstić information content (AvgIpc) is 2.72. The number of hydrogen-bond acceptors (Lipinski definition) is 5. The number of piperidine rings is 1. The van der Waals surface area contributed by atoms with Gasteiger partial charge in [-0.3, -0.25) is 14.5 Å². The van der Waals surface area contributed by atoms with Crippen molar-refractivity contribution in [3.63, 3.8) is 0 Å². The summed E-state index contributed by atoms with van der Waals surface area (Å²) in [5, 5.41) is 0. The van der Waals surface area contributed by atoms with Crippen LogP contribution in [0.3, 0.4) is 0 Å². The number of hydrogen-bond donors (Lipinski definition) is 0. The number of nitrogens with zero attached hydrogens (tertiary/aromatic N) is 4. The fourth-order valence-electron chi connectivity index (χ4n) is 5.41. The Bertz CT molecular complexity index is 615. The summed E-state index contributed by atoms with van der Waals surface area (Å²) in [6.45, 7) is 15.3. The van der Waals surface area contributed by atoms with Crippen molar-refractivity contribution < 1.29 is 9.59 Å². The second kappa shape index (κ2) is 12.6. The van der Waals surface area contributed by atoms with Crippen LogP contribution in [0.2, 0.25) is 0 Å². The molecule has 0 unspecified atom stereocenters. The van der Waals surface area contributed by atoms with Crippen LogP contribution in [0.15, 0.2) is 11.8 Å². The predicted molar refractivity (Wildman–Crippen MR) is 128 cm³/mol. The maximum absolute atomic E-state index is 13.1. The molecule has 2 rings (SSSR count). The zero-order valence-electron chi connectivity index (χ0n) is 20.9. The van der Waals surface area contributed by atoms with Crippen molar-refractivity contribution in [2.24, 2.45) is 11.8 Å². The third kappa shape index (κ3) is 7.31. The van der Waals surface area contributed by atoms with Crippen LogP contribution in [-0.2, 0) is 9.59 Å². The Balaban J connectivity index is 2.02. The van der Waals surface area contributed by atoms with Crippen LogP contribution in [0.25, 0.3) is 0 Å². The first-order chi connectivity index (χ1) is 14.8. The zero-order chi connectivity index (χ0) is 23.0. The maximum Gasteiger partial charge on any atom is 0.222 e. The highest BCUT2D eigenvalue weighted by Crippen LogP contribution is 2.39. The normalized spacial score (nSPS) is 25.7. The van der Waals surface area contributed by atoms with Crippen molar-refractivity contribution in [3.05, 3.63) is 11.8 Å². The van der Waals surface area contributed by atoms with E-state index in [1.54, 1.807) is 0 Å². The summed E-state index contributed by atoms with van der Waals surface area (Å²) in [5.74, 6) is 1.32. The molecule has 6 heteroatoms. The molecule has 1 aliphatic carbocycles. The van der Waals surface area contributed by atoms with Gasteiger partial charge in [0.15, 0.2) is 5.78 Å². The second-order valence-electron chi connectivity index (χ2n) is 9.58. The van der Waals surface area contributed by atoms with E-state index in [1.165, 1.54) is 0 Å². The number of likely N-dealkylation sites (tertiary alicyclic amines) is 1. The van der Waals surface area contributed by atoms with Gasteiger partial charge in [-0.25, -0.2) is 0 Å². The number of carbonyl (C=O) groups excluding carboxylic acids is 2. The maximum atomic E-state index is 13.1. The minimum atomic E-state index is 0.282. The fraction of sp³-hybridized carbons (Fsp3) is 0.840. The molecule has 1 saturated heterocycles. The van der Waals surface area contributed by atoms with Crippen LogP contribution >= 0.6 is 0 Å². The quantitative estimate of drug-likeness (QED) is 0.468. The molecule has 2 aliphatic rings. The third-order valence-electron chi connectivity index (χ3n) is 7.08. The molecule has 3 atom stereocenters. The van der Waals surface area contributed by atoms with Crippen LogP contribution in [0.5, 0.6) is 0 Å². The van der Waals surface area contributed by atoms with Crippen LogP contribution < -0.4 is 0 Å². The Hall–Kier alpha value is -1.40. The molecule has 0 radical (unpaired) electrons. The average molecular weight is 435 g/mol. The van der Waals surface area contributed by atoms with Crippen LogP contribution in [0, 0.1) is 11.8 Å². The van der Waals surface area contributed by atoms with Gasteiger partial charge in [0.05, 0.1) is 0 Å². The Kier molecular flexibility index (Phi) is 10.5. The molecule has 1 aliphatic heterocycles. The van der Waals surface area contributed by atoms with E-state index in [4.69, 9.17) is 0 Å². The van der Waals surface area contributed by atoms with Crippen molar-refractivity contribution in [3.8, 4) is 0 Å². The van der Waals surface area contributed by atoms with Gasteiger partial charge in [-0.15, -0.1) is 0 Å². The van der Waals surface area contributed by atoms with Crippen LogP contribution in [-0.4, -0.2) is 97.2 Å². The summed E-state index contributed by atoms with van der Waals surface area (Å²) in [6.07, 6.45) is 6.22. The Morgan fingerprint density at radius 2 is 1.77 bits per heavy atom. The third-order valence-corrected chi connectivity index (χ3v) is 7.08. The number of likely N-dealkylation sites (N-methyl/N-ethyl adjacent to an activating group) is 2.